The van der Waals surface area contributed by atoms with Crippen LogP contribution in [0.5, 0.6) is 5.88 Å². The highest BCUT2D eigenvalue weighted by molar-refractivity contribution is 7.89. The van der Waals surface area contributed by atoms with Gasteiger partial charge in [-0.3, -0.25) is 4.79 Å². The van der Waals surface area contributed by atoms with Gasteiger partial charge >= 0.3 is 0 Å². The second-order valence-electron chi connectivity index (χ2n) is 7.82. The number of hydrogen-bond donors (Lipinski definition) is 1. The van der Waals surface area contributed by atoms with Gasteiger partial charge in [-0.25, -0.2) is 18.1 Å². The number of nitrogens with zero attached hydrogens (tertiary/aromatic N) is 3. The highest BCUT2D eigenvalue weighted by Crippen LogP contribution is 2.36. The Bertz CT molecular complexity index is 1250. The summed E-state index contributed by atoms with van der Waals surface area (Å²) in [6.07, 6.45) is 1.09. The Morgan fingerprint density at radius 2 is 1.88 bits per heavy atom. The molecular formula is C22H26N4O5S2. The Morgan fingerprint density at radius 3 is 2.52 bits per heavy atom. The summed E-state index contributed by atoms with van der Waals surface area (Å²) in [7, 11) is -0.474. The van der Waals surface area contributed by atoms with Crippen molar-refractivity contribution in [2.24, 2.45) is 0 Å². The van der Waals surface area contributed by atoms with Gasteiger partial charge in [-0.1, -0.05) is 18.2 Å². The van der Waals surface area contributed by atoms with Crippen LogP contribution in [0, 0.1) is 6.92 Å². The Morgan fingerprint density at radius 1 is 1.18 bits per heavy atom. The van der Waals surface area contributed by atoms with Crippen LogP contribution in [0.1, 0.15) is 33.9 Å². The average molecular weight is 491 g/mol. The number of ether oxygens (including phenoxy) is 2. The van der Waals surface area contributed by atoms with Crippen molar-refractivity contribution in [1.82, 2.24) is 19.6 Å². The molecule has 0 spiro atoms. The number of likely N-dealkylation sites (tertiary alicyclic amines) is 1. The molecule has 1 aromatic carbocycles. The zero-order chi connectivity index (χ0) is 23.6. The zero-order valence-electron chi connectivity index (χ0n) is 18.7. The fourth-order valence-corrected chi connectivity index (χ4v) is 6.41. The van der Waals surface area contributed by atoms with E-state index >= 15 is 0 Å². The third-order valence-corrected chi connectivity index (χ3v) is 8.33. The van der Waals surface area contributed by atoms with E-state index in [4.69, 9.17) is 9.47 Å². The largest absolute Gasteiger partial charge is 0.480 e. The molecule has 0 radical (unpaired) electrons. The molecule has 3 heterocycles. The summed E-state index contributed by atoms with van der Waals surface area (Å²) in [5, 5.41) is 0.733. The summed E-state index contributed by atoms with van der Waals surface area (Å²) in [5.41, 5.74) is 0.785. The molecular weight excluding hydrogens is 464 g/mol. The van der Waals surface area contributed by atoms with Gasteiger partial charge in [0.15, 0.2) is 5.82 Å². The van der Waals surface area contributed by atoms with Crippen molar-refractivity contribution < 1.29 is 22.7 Å². The Kier molecular flexibility index (Phi) is 6.94. The summed E-state index contributed by atoms with van der Waals surface area (Å²) in [6, 6.07) is 8.09. The molecule has 0 atom stereocenters. The molecule has 9 nitrogen and oxygen atoms in total. The Balaban J connectivity index is 1.48. The first-order chi connectivity index (χ1) is 15.8. The van der Waals surface area contributed by atoms with E-state index in [9.17, 15) is 13.2 Å². The van der Waals surface area contributed by atoms with Crippen LogP contribution in [0.25, 0.3) is 10.2 Å². The van der Waals surface area contributed by atoms with E-state index in [1.54, 1.807) is 42.3 Å². The highest BCUT2D eigenvalue weighted by Gasteiger charge is 2.30. The van der Waals surface area contributed by atoms with Crippen molar-refractivity contribution in [2.75, 3.05) is 27.3 Å². The van der Waals surface area contributed by atoms with E-state index in [-0.39, 0.29) is 23.5 Å². The molecule has 1 aliphatic heterocycles. The van der Waals surface area contributed by atoms with Gasteiger partial charge in [0.2, 0.25) is 15.9 Å². The monoisotopic (exact) mass is 490 g/mol. The van der Waals surface area contributed by atoms with Gasteiger partial charge in [0.25, 0.3) is 5.91 Å². The number of aryl methyl sites for hydroxylation is 1. The molecule has 11 heteroatoms. The predicted molar refractivity (Wildman–Crippen MR) is 125 cm³/mol. The molecule has 0 unspecified atom stereocenters. The van der Waals surface area contributed by atoms with Crippen LogP contribution < -0.4 is 9.46 Å². The number of carbonyl (C=O) groups excluding carboxylic acids is 1. The van der Waals surface area contributed by atoms with Crippen molar-refractivity contribution in [3.8, 4) is 5.88 Å². The van der Waals surface area contributed by atoms with Gasteiger partial charge in [-0.2, -0.15) is 4.98 Å². The lowest BCUT2D eigenvalue weighted by atomic mass is 10.1. The Hall–Kier alpha value is -2.60. The topological polar surface area (TPSA) is 111 Å². The molecule has 1 aliphatic rings. The first-order valence-electron chi connectivity index (χ1n) is 10.5. The summed E-state index contributed by atoms with van der Waals surface area (Å²) in [6.45, 7) is 3.05. The van der Waals surface area contributed by atoms with E-state index in [1.807, 2.05) is 6.92 Å². The summed E-state index contributed by atoms with van der Waals surface area (Å²) >= 11 is 1.31. The molecule has 4 rings (SSSR count). The molecule has 2 aromatic heterocycles. The molecule has 0 saturated carbocycles. The second-order valence-corrected chi connectivity index (χ2v) is 10.5. The fourth-order valence-electron chi connectivity index (χ4n) is 3.92. The number of thiophene rings is 1. The third-order valence-electron chi connectivity index (χ3n) is 5.62. The summed E-state index contributed by atoms with van der Waals surface area (Å²) < 4.78 is 38.5. The predicted octanol–water partition coefficient (Wildman–Crippen LogP) is 2.74. The third kappa shape index (κ3) is 4.86. The highest BCUT2D eigenvalue weighted by atomic mass is 32.2. The van der Waals surface area contributed by atoms with E-state index in [1.165, 1.54) is 18.4 Å². The van der Waals surface area contributed by atoms with Gasteiger partial charge in [-0.15, -0.1) is 11.3 Å². The van der Waals surface area contributed by atoms with Crippen LogP contribution >= 0.6 is 11.3 Å². The molecule has 0 aliphatic carbocycles. The molecule has 3 aromatic rings. The van der Waals surface area contributed by atoms with Crippen LogP contribution in [-0.2, 0) is 21.4 Å². The molecule has 1 N–H and O–H groups in total. The molecule has 0 bridgehead atoms. The maximum absolute atomic E-state index is 13.3. The Labute approximate surface area is 196 Å². The van der Waals surface area contributed by atoms with Gasteiger partial charge in [0.05, 0.1) is 22.3 Å². The van der Waals surface area contributed by atoms with Crippen LogP contribution in [-0.4, -0.2) is 62.5 Å². The van der Waals surface area contributed by atoms with Gasteiger partial charge in [0, 0.05) is 26.2 Å². The molecule has 1 fully saturated rings. The number of hydrogen-bond acceptors (Lipinski definition) is 8. The van der Waals surface area contributed by atoms with Crippen molar-refractivity contribution in [3.63, 3.8) is 0 Å². The van der Waals surface area contributed by atoms with E-state index in [0.717, 1.165) is 10.9 Å². The maximum Gasteiger partial charge on any atom is 0.264 e. The quantitative estimate of drug-likeness (QED) is 0.542. The van der Waals surface area contributed by atoms with Gasteiger partial charge in [-0.05, 0) is 37.5 Å². The number of rotatable bonds is 7. The van der Waals surface area contributed by atoms with Crippen LogP contribution in [0.2, 0.25) is 0 Å². The number of nitrogens with one attached hydrogen (secondary N) is 1. The number of fused-ring (bicyclic) bond motifs is 1. The minimum absolute atomic E-state index is 0.0878. The van der Waals surface area contributed by atoms with Crippen molar-refractivity contribution in [1.29, 1.82) is 0 Å². The summed E-state index contributed by atoms with van der Waals surface area (Å²) in [4.78, 5) is 25.5. The van der Waals surface area contributed by atoms with E-state index < -0.39 is 10.0 Å². The van der Waals surface area contributed by atoms with Crippen LogP contribution in [0.4, 0.5) is 0 Å². The van der Waals surface area contributed by atoms with Gasteiger partial charge in [0.1, 0.15) is 11.4 Å². The maximum atomic E-state index is 13.3. The zero-order valence-corrected chi connectivity index (χ0v) is 20.3. The number of aromatic nitrogens is 2. The second kappa shape index (κ2) is 9.72. The van der Waals surface area contributed by atoms with Crippen molar-refractivity contribution in [3.05, 3.63) is 46.6 Å². The van der Waals surface area contributed by atoms with Crippen molar-refractivity contribution >= 4 is 37.5 Å². The minimum Gasteiger partial charge on any atom is -0.480 e. The number of amides is 1. The minimum atomic E-state index is -3.58. The number of piperidine rings is 1. The number of carbonyl (C=O) groups is 1. The van der Waals surface area contributed by atoms with E-state index in [2.05, 4.69) is 14.7 Å². The van der Waals surface area contributed by atoms with Crippen LogP contribution in [0.15, 0.2) is 35.2 Å². The summed E-state index contributed by atoms with van der Waals surface area (Å²) in [5.74, 6) is 0.831. The van der Waals surface area contributed by atoms with E-state index in [0.29, 0.717) is 47.3 Å². The molecule has 1 saturated heterocycles. The normalized spacial score (nSPS) is 15.2. The number of methoxy groups -OCH3 is 2. The first kappa shape index (κ1) is 23.6. The number of sulfonamides is 1. The lowest BCUT2D eigenvalue weighted by Crippen LogP contribution is -2.46. The average Bonchev–Trinajstić information content (AvgIpc) is 3.15. The van der Waals surface area contributed by atoms with Gasteiger partial charge < -0.3 is 14.4 Å². The first-order valence-corrected chi connectivity index (χ1v) is 12.8. The molecule has 33 heavy (non-hydrogen) atoms. The van der Waals surface area contributed by atoms with Crippen molar-refractivity contribution in [2.45, 2.75) is 37.3 Å². The lowest BCUT2D eigenvalue weighted by Gasteiger charge is -2.32. The smallest absolute Gasteiger partial charge is 0.264 e. The fraction of sp³-hybridized carbons (Fsp3) is 0.409. The molecule has 1 amide bonds. The number of benzene rings is 1. The SMILES string of the molecule is COCc1nc(OC)c2c(C)c(C(=O)N3CCC(NS(=O)(=O)c4ccccc4)CC3)sc2n1. The lowest BCUT2D eigenvalue weighted by molar-refractivity contribution is 0.0715. The molecule has 176 valence electrons. The van der Waals surface area contributed by atoms with Crippen LogP contribution in [0.3, 0.4) is 0 Å². The standard InChI is InChI=1S/C22H26N4O5S2/c1-14-18-20(31-3)23-17(13-30-2)24-21(18)32-19(14)22(27)26-11-9-15(10-12-26)25-33(28,29)16-7-5-4-6-8-16/h4-8,15,25H,9-13H2,1-3H3.